The molecule has 1 rings (SSSR count). The van der Waals surface area contributed by atoms with Gasteiger partial charge in [0, 0.05) is 5.92 Å². The number of carbonyl (C=O) groups excluding carboxylic acids is 1. The molecule has 1 atom stereocenters. The second-order valence-electron chi connectivity index (χ2n) is 4.92. The number of aliphatic carboxylic acids is 1. The van der Waals surface area contributed by atoms with Gasteiger partial charge in [0.2, 0.25) is 5.91 Å². The number of carboxylic acid groups (broad SMARTS) is 1. The molecule has 0 aromatic carbocycles. The monoisotopic (exact) mass is 259 g/mol. The Labute approximate surface area is 107 Å². The molecule has 1 fully saturated rings. The molecule has 5 heteroatoms. The Balaban J connectivity index is 2.47. The summed E-state index contributed by atoms with van der Waals surface area (Å²) in [5.41, 5.74) is 0. The molecule has 1 aliphatic heterocycles. The van der Waals surface area contributed by atoms with Crippen LogP contribution < -0.4 is 5.32 Å². The third-order valence-corrected chi connectivity index (χ3v) is 3.96. The van der Waals surface area contributed by atoms with E-state index in [4.69, 9.17) is 5.11 Å². The van der Waals surface area contributed by atoms with Crippen LogP contribution in [0.25, 0.3) is 0 Å². The molecule has 98 valence electrons. The van der Waals surface area contributed by atoms with Crippen molar-refractivity contribution in [1.29, 1.82) is 0 Å². The Morgan fingerprint density at radius 3 is 2.41 bits per heavy atom. The van der Waals surface area contributed by atoms with E-state index in [1.165, 1.54) is 0 Å². The van der Waals surface area contributed by atoms with Gasteiger partial charge in [-0.2, -0.15) is 11.8 Å². The molecule has 0 radical (unpaired) electrons. The number of carbonyl (C=O) groups is 2. The normalized spacial score (nSPS) is 19.0. The summed E-state index contributed by atoms with van der Waals surface area (Å²) >= 11 is 1.86. The average Bonchev–Trinajstić information content (AvgIpc) is 2.28. The van der Waals surface area contributed by atoms with Gasteiger partial charge < -0.3 is 10.4 Å². The number of rotatable bonds is 5. The number of carboxylic acids is 1. The summed E-state index contributed by atoms with van der Waals surface area (Å²) in [4.78, 5) is 22.9. The van der Waals surface area contributed by atoms with E-state index in [9.17, 15) is 9.59 Å². The Bertz CT molecular complexity index is 275. The van der Waals surface area contributed by atoms with Crippen molar-refractivity contribution in [3.8, 4) is 0 Å². The molecule has 4 nitrogen and oxygen atoms in total. The number of hydrogen-bond acceptors (Lipinski definition) is 3. The Morgan fingerprint density at radius 2 is 1.94 bits per heavy atom. The SMILES string of the molecule is CC(C)C[C@H](NC(=O)C1CCSCC1)C(=O)O. The van der Waals surface area contributed by atoms with Gasteiger partial charge in [0.15, 0.2) is 0 Å². The molecule has 0 spiro atoms. The molecule has 0 aromatic rings. The third kappa shape index (κ3) is 4.98. The molecular formula is C12H21NO3S. The van der Waals surface area contributed by atoms with Crippen LogP contribution in [0.5, 0.6) is 0 Å². The fourth-order valence-electron chi connectivity index (χ4n) is 1.94. The summed E-state index contributed by atoms with van der Waals surface area (Å²) in [7, 11) is 0. The van der Waals surface area contributed by atoms with Crippen LogP contribution in [0.2, 0.25) is 0 Å². The number of amides is 1. The Morgan fingerprint density at radius 1 is 1.35 bits per heavy atom. The highest BCUT2D eigenvalue weighted by molar-refractivity contribution is 7.99. The minimum atomic E-state index is -0.933. The van der Waals surface area contributed by atoms with Gasteiger partial charge in [0.25, 0.3) is 0 Å². The molecule has 0 aromatic heterocycles. The van der Waals surface area contributed by atoms with E-state index in [-0.39, 0.29) is 17.7 Å². The van der Waals surface area contributed by atoms with Gasteiger partial charge in [-0.15, -0.1) is 0 Å². The predicted molar refractivity (Wildman–Crippen MR) is 69.1 cm³/mol. The van der Waals surface area contributed by atoms with E-state index in [1.54, 1.807) is 0 Å². The highest BCUT2D eigenvalue weighted by Crippen LogP contribution is 2.23. The van der Waals surface area contributed by atoms with E-state index >= 15 is 0 Å². The zero-order chi connectivity index (χ0) is 12.8. The van der Waals surface area contributed by atoms with Crippen LogP contribution in [-0.2, 0) is 9.59 Å². The highest BCUT2D eigenvalue weighted by Gasteiger charge is 2.26. The van der Waals surface area contributed by atoms with E-state index in [2.05, 4.69) is 5.32 Å². The molecule has 1 saturated heterocycles. The van der Waals surface area contributed by atoms with Crippen LogP contribution in [0.4, 0.5) is 0 Å². The quantitative estimate of drug-likeness (QED) is 0.789. The molecule has 0 aliphatic carbocycles. The van der Waals surface area contributed by atoms with Gasteiger partial charge in [-0.3, -0.25) is 4.79 Å². The molecule has 0 unspecified atom stereocenters. The van der Waals surface area contributed by atoms with Gasteiger partial charge in [-0.05, 0) is 36.7 Å². The van der Waals surface area contributed by atoms with Crippen LogP contribution >= 0.6 is 11.8 Å². The number of hydrogen-bond donors (Lipinski definition) is 2. The van der Waals surface area contributed by atoms with Crippen molar-refractivity contribution in [3.05, 3.63) is 0 Å². The van der Waals surface area contributed by atoms with Crippen LogP contribution in [0, 0.1) is 11.8 Å². The lowest BCUT2D eigenvalue weighted by Gasteiger charge is -2.23. The molecule has 1 aliphatic rings. The van der Waals surface area contributed by atoms with Gasteiger partial charge >= 0.3 is 5.97 Å². The second-order valence-corrected chi connectivity index (χ2v) is 6.14. The minimum Gasteiger partial charge on any atom is -0.480 e. The first-order valence-electron chi connectivity index (χ1n) is 6.11. The van der Waals surface area contributed by atoms with Crippen LogP contribution in [-0.4, -0.2) is 34.5 Å². The molecule has 1 heterocycles. The molecule has 17 heavy (non-hydrogen) atoms. The number of thioether (sulfide) groups is 1. The minimum absolute atomic E-state index is 0.00487. The lowest BCUT2D eigenvalue weighted by molar-refractivity contribution is -0.143. The second kappa shape index (κ2) is 6.89. The van der Waals surface area contributed by atoms with Crippen molar-refractivity contribution in [2.24, 2.45) is 11.8 Å². The molecule has 0 bridgehead atoms. The maximum absolute atomic E-state index is 11.9. The van der Waals surface area contributed by atoms with E-state index in [0.29, 0.717) is 6.42 Å². The smallest absolute Gasteiger partial charge is 0.326 e. The predicted octanol–water partition coefficient (Wildman–Crippen LogP) is 1.75. The van der Waals surface area contributed by atoms with Crippen LogP contribution in [0.3, 0.4) is 0 Å². The van der Waals surface area contributed by atoms with Crippen molar-refractivity contribution in [2.45, 2.75) is 39.2 Å². The van der Waals surface area contributed by atoms with Crippen molar-refractivity contribution >= 4 is 23.6 Å². The third-order valence-electron chi connectivity index (χ3n) is 2.91. The summed E-state index contributed by atoms with van der Waals surface area (Å²) in [5.74, 6) is 1.25. The molecule has 2 N–H and O–H groups in total. The maximum atomic E-state index is 11.9. The lowest BCUT2D eigenvalue weighted by atomic mass is 9.99. The summed E-state index contributed by atoms with van der Waals surface area (Å²) < 4.78 is 0. The Hall–Kier alpha value is -0.710. The molecular weight excluding hydrogens is 238 g/mol. The van der Waals surface area contributed by atoms with Gasteiger partial charge in [-0.25, -0.2) is 4.79 Å². The zero-order valence-electron chi connectivity index (χ0n) is 10.4. The fraction of sp³-hybridized carbons (Fsp3) is 0.833. The van der Waals surface area contributed by atoms with Crippen molar-refractivity contribution in [3.63, 3.8) is 0 Å². The first-order chi connectivity index (χ1) is 8.00. The zero-order valence-corrected chi connectivity index (χ0v) is 11.3. The highest BCUT2D eigenvalue weighted by atomic mass is 32.2. The van der Waals surface area contributed by atoms with Crippen LogP contribution in [0.1, 0.15) is 33.1 Å². The summed E-state index contributed by atoms with van der Waals surface area (Å²) in [6.07, 6.45) is 2.22. The summed E-state index contributed by atoms with van der Waals surface area (Å²) in [5, 5.41) is 11.7. The van der Waals surface area contributed by atoms with Crippen LogP contribution in [0.15, 0.2) is 0 Å². The van der Waals surface area contributed by atoms with Gasteiger partial charge in [-0.1, -0.05) is 13.8 Å². The van der Waals surface area contributed by atoms with E-state index < -0.39 is 12.0 Å². The van der Waals surface area contributed by atoms with E-state index in [1.807, 2.05) is 25.6 Å². The lowest BCUT2D eigenvalue weighted by Crippen LogP contribution is -2.45. The topological polar surface area (TPSA) is 66.4 Å². The van der Waals surface area contributed by atoms with Crippen molar-refractivity contribution in [1.82, 2.24) is 5.32 Å². The molecule has 1 amide bonds. The largest absolute Gasteiger partial charge is 0.480 e. The fourth-order valence-corrected chi connectivity index (χ4v) is 3.05. The standard InChI is InChI=1S/C12H21NO3S/c1-8(2)7-10(12(15)16)13-11(14)9-3-5-17-6-4-9/h8-10H,3-7H2,1-2H3,(H,13,14)(H,15,16)/t10-/m0/s1. The summed E-state index contributed by atoms with van der Waals surface area (Å²) in [6.45, 7) is 3.92. The maximum Gasteiger partial charge on any atom is 0.326 e. The van der Waals surface area contributed by atoms with E-state index in [0.717, 1.165) is 24.3 Å². The Kier molecular flexibility index (Phi) is 5.82. The van der Waals surface area contributed by atoms with Gasteiger partial charge in [0.05, 0.1) is 0 Å². The first-order valence-corrected chi connectivity index (χ1v) is 7.27. The van der Waals surface area contributed by atoms with Crippen molar-refractivity contribution in [2.75, 3.05) is 11.5 Å². The molecule has 0 saturated carbocycles. The van der Waals surface area contributed by atoms with Gasteiger partial charge in [0.1, 0.15) is 6.04 Å². The van der Waals surface area contributed by atoms with Crippen molar-refractivity contribution < 1.29 is 14.7 Å². The summed E-state index contributed by atoms with van der Waals surface area (Å²) in [6, 6.07) is -0.739. The average molecular weight is 259 g/mol. The number of nitrogens with one attached hydrogen (secondary N) is 1. The first kappa shape index (κ1) is 14.4.